The van der Waals surface area contributed by atoms with Crippen molar-refractivity contribution in [3.8, 4) is 0 Å². The molecule has 0 aliphatic carbocycles. The molecule has 1 aliphatic heterocycles. The van der Waals surface area contributed by atoms with E-state index in [1.54, 1.807) is 24.2 Å². The molecule has 2 aromatic carbocycles. The van der Waals surface area contributed by atoms with Gasteiger partial charge in [0.25, 0.3) is 0 Å². The van der Waals surface area contributed by atoms with E-state index in [1.807, 2.05) is 18.2 Å². The first-order valence-electron chi connectivity index (χ1n) is 10.9. The molecule has 1 saturated heterocycles. The minimum atomic E-state index is -0.0414. The van der Waals surface area contributed by atoms with Crippen LogP contribution in [0.5, 0.6) is 0 Å². The molecule has 5 nitrogen and oxygen atoms in total. The standard InChI is InChI=1S/C25H28N4OS/c1-2-19-10-12-20(13-11-19)17-28-24(30)21-7-6-16-29(18-21)23-25(27-15-14-26-23)31-22-8-4-3-5-9-22/h3-5,8-15,21H,2,6-7,16-18H2,1H3,(H,28,30)/t21-/m0/s1. The molecular formula is C25H28N4OS. The Labute approximate surface area is 188 Å². The molecule has 0 radical (unpaired) electrons. The monoisotopic (exact) mass is 432 g/mol. The predicted molar refractivity (Wildman–Crippen MR) is 125 cm³/mol. The zero-order valence-corrected chi connectivity index (χ0v) is 18.6. The third-order valence-corrected chi connectivity index (χ3v) is 6.58. The van der Waals surface area contributed by atoms with Crippen LogP contribution >= 0.6 is 11.8 Å². The van der Waals surface area contributed by atoms with Crippen LogP contribution in [0.25, 0.3) is 0 Å². The quantitative estimate of drug-likeness (QED) is 0.585. The fourth-order valence-corrected chi connectivity index (χ4v) is 4.72. The first-order valence-corrected chi connectivity index (χ1v) is 11.7. The van der Waals surface area contributed by atoms with Gasteiger partial charge in [-0.1, -0.05) is 61.2 Å². The van der Waals surface area contributed by atoms with Crippen molar-refractivity contribution in [3.05, 3.63) is 78.1 Å². The number of benzene rings is 2. The van der Waals surface area contributed by atoms with E-state index in [0.29, 0.717) is 13.1 Å². The van der Waals surface area contributed by atoms with Crippen molar-refractivity contribution in [1.82, 2.24) is 15.3 Å². The van der Waals surface area contributed by atoms with Crippen molar-refractivity contribution in [3.63, 3.8) is 0 Å². The molecule has 160 valence electrons. The van der Waals surface area contributed by atoms with Crippen molar-refractivity contribution in [2.24, 2.45) is 5.92 Å². The van der Waals surface area contributed by atoms with Gasteiger partial charge in [-0.2, -0.15) is 0 Å². The Bertz CT molecular complexity index is 994. The van der Waals surface area contributed by atoms with Crippen molar-refractivity contribution in [2.75, 3.05) is 18.0 Å². The van der Waals surface area contributed by atoms with Gasteiger partial charge in [0, 0.05) is 36.9 Å². The van der Waals surface area contributed by atoms with Crippen LogP contribution in [0.1, 0.15) is 30.9 Å². The van der Waals surface area contributed by atoms with Gasteiger partial charge in [-0.15, -0.1) is 0 Å². The summed E-state index contributed by atoms with van der Waals surface area (Å²) in [6.45, 7) is 4.27. The Morgan fingerprint density at radius 1 is 1.06 bits per heavy atom. The second-order valence-electron chi connectivity index (χ2n) is 7.77. The van der Waals surface area contributed by atoms with E-state index in [9.17, 15) is 4.79 Å². The first-order chi connectivity index (χ1) is 15.2. The van der Waals surface area contributed by atoms with E-state index in [0.717, 1.165) is 47.1 Å². The minimum Gasteiger partial charge on any atom is -0.354 e. The van der Waals surface area contributed by atoms with Crippen LogP contribution in [0.3, 0.4) is 0 Å². The Hall–Kier alpha value is -2.86. The zero-order chi connectivity index (χ0) is 21.5. The molecule has 0 unspecified atom stereocenters. The highest BCUT2D eigenvalue weighted by atomic mass is 32.2. The number of nitrogens with one attached hydrogen (secondary N) is 1. The van der Waals surface area contributed by atoms with E-state index in [4.69, 9.17) is 0 Å². The molecule has 0 spiro atoms. The lowest BCUT2D eigenvalue weighted by molar-refractivity contribution is -0.125. The normalized spacial score (nSPS) is 16.2. The molecular weight excluding hydrogens is 404 g/mol. The smallest absolute Gasteiger partial charge is 0.225 e. The van der Waals surface area contributed by atoms with E-state index < -0.39 is 0 Å². The Balaban J connectivity index is 1.39. The number of nitrogens with zero attached hydrogens (tertiary/aromatic N) is 3. The summed E-state index contributed by atoms with van der Waals surface area (Å²) in [7, 11) is 0. The van der Waals surface area contributed by atoms with E-state index in [2.05, 4.69) is 63.5 Å². The maximum absolute atomic E-state index is 12.9. The highest BCUT2D eigenvalue weighted by Crippen LogP contribution is 2.33. The van der Waals surface area contributed by atoms with Crippen molar-refractivity contribution >= 4 is 23.5 Å². The summed E-state index contributed by atoms with van der Waals surface area (Å²) in [6, 6.07) is 18.6. The summed E-state index contributed by atoms with van der Waals surface area (Å²) in [5, 5.41) is 4.01. The molecule has 1 fully saturated rings. The largest absolute Gasteiger partial charge is 0.354 e. The average Bonchev–Trinajstić information content (AvgIpc) is 2.84. The number of amides is 1. The summed E-state index contributed by atoms with van der Waals surface area (Å²) in [5.74, 6) is 0.940. The predicted octanol–water partition coefficient (Wildman–Crippen LogP) is 4.72. The summed E-state index contributed by atoms with van der Waals surface area (Å²) < 4.78 is 0. The van der Waals surface area contributed by atoms with Gasteiger partial charge in [0.05, 0.1) is 5.92 Å². The third kappa shape index (κ3) is 5.64. The summed E-state index contributed by atoms with van der Waals surface area (Å²) in [4.78, 5) is 25.4. The van der Waals surface area contributed by atoms with Crippen LogP contribution in [-0.2, 0) is 17.8 Å². The van der Waals surface area contributed by atoms with Gasteiger partial charge in [0.2, 0.25) is 5.91 Å². The van der Waals surface area contributed by atoms with Crippen molar-refractivity contribution in [2.45, 2.75) is 42.7 Å². The number of hydrogen-bond donors (Lipinski definition) is 1. The minimum absolute atomic E-state index is 0.0414. The van der Waals surface area contributed by atoms with Crippen LogP contribution in [0.4, 0.5) is 5.82 Å². The number of piperidine rings is 1. The molecule has 4 rings (SSSR count). The number of aromatic nitrogens is 2. The third-order valence-electron chi connectivity index (χ3n) is 5.59. The van der Waals surface area contributed by atoms with Gasteiger partial charge < -0.3 is 10.2 Å². The SMILES string of the molecule is CCc1ccc(CNC(=O)[C@H]2CCCN(c3nccnc3Sc3ccccc3)C2)cc1. The lowest BCUT2D eigenvalue weighted by Crippen LogP contribution is -2.43. The van der Waals surface area contributed by atoms with E-state index in [-0.39, 0.29) is 11.8 Å². The zero-order valence-electron chi connectivity index (χ0n) is 17.8. The van der Waals surface area contributed by atoms with Crippen LogP contribution in [0, 0.1) is 5.92 Å². The lowest BCUT2D eigenvalue weighted by Gasteiger charge is -2.33. The molecule has 6 heteroatoms. The van der Waals surface area contributed by atoms with Crippen LogP contribution in [0.15, 0.2) is 76.9 Å². The number of carbonyl (C=O) groups excluding carboxylic acids is 1. The molecule has 2 heterocycles. The topological polar surface area (TPSA) is 58.1 Å². The van der Waals surface area contributed by atoms with Gasteiger partial charge in [-0.05, 0) is 42.5 Å². The molecule has 3 aromatic rings. The first kappa shape index (κ1) is 21.4. The van der Waals surface area contributed by atoms with Crippen LogP contribution in [-0.4, -0.2) is 29.0 Å². The van der Waals surface area contributed by atoms with Gasteiger partial charge >= 0.3 is 0 Å². The molecule has 1 aromatic heterocycles. The van der Waals surface area contributed by atoms with E-state index in [1.165, 1.54) is 5.56 Å². The number of carbonyl (C=O) groups is 1. The Kier molecular flexibility index (Phi) is 7.20. The summed E-state index contributed by atoms with van der Waals surface area (Å²) in [6.07, 6.45) is 6.35. The number of aryl methyl sites for hydroxylation is 1. The van der Waals surface area contributed by atoms with Gasteiger partial charge in [0.15, 0.2) is 5.82 Å². The number of rotatable bonds is 7. The van der Waals surface area contributed by atoms with Crippen molar-refractivity contribution < 1.29 is 4.79 Å². The maximum atomic E-state index is 12.9. The second-order valence-corrected chi connectivity index (χ2v) is 8.84. The fourth-order valence-electron chi connectivity index (χ4n) is 3.82. The fraction of sp³-hybridized carbons (Fsp3) is 0.320. The lowest BCUT2D eigenvalue weighted by atomic mass is 9.97. The van der Waals surface area contributed by atoms with Gasteiger partial charge in [0.1, 0.15) is 5.03 Å². The number of anilines is 1. The van der Waals surface area contributed by atoms with E-state index >= 15 is 0 Å². The highest BCUT2D eigenvalue weighted by molar-refractivity contribution is 7.99. The molecule has 1 amide bonds. The number of hydrogen-bond acceptors (Lipinski definition) is 5. The van der Waals surface area contributed by atoms with Crippen LogP contribution in [0.2, 0.25) is 0 Å². The molecule has 0 bridgehead atoms. The molecule has 31 heavy (non-hydrogen) atoms. The van der Waals surface area contributed by atoms with Crippen molar-refractivity contribution in [1.29, 1.82) is 0 Å². The molecule has 1 N–H and O–H groups in total. The molecule has 1 atom stereocenters. The molecule has 0 saturated carbocycles. The Morgan fingerprint density at radius 3 is 2.58 bits per heavy atom. The second kappa shape index (κ2) is 10.4. The van der Waals surface area contributed by atoms with Crippen LogP contribution < -0.4 is 10.2 Å². The highest BCUT2D eigenvalue weighted by Gasteiger charge is 2.28. The summed E-state index contributed by atoms with van der Waals surface area (Å²) >= 11 is 1.61. The van der Waals surface area contributed by atoms with Gasteiger partial charge in [-0.25, -0.2) is 9.97 Å². The summed E-state index contributed by atoms with van der Waals surface area (Å²) in [5.41, 5.74) is 2.44. The maximum Gasteiger partial charge on any atom is 0.225 e. The molecule has 1 aliphatic rings. The average molecular weight is 433 g/mol. The van der Waals surface area contributed by atoms with Gasteiger partial charge in [-0.3, -0.25) is 4.79 Å². The Morgan fingerprint density at radius 2 is 1.81 bits per heavy atom.